The SMILES string of the molecule is COCc1ccccc1C(O)c1cncnc1. The van der Waals surface area contributed by atoms with E-state index in [4.69, 9.17) is 4.74 Å². The summed E-state index contributed by atoms with van der Waals surface area (Å²) in [5, 5.41) is 10.3. The highest BCUT2D eigenvalue weighted by molar-refractivity contribution is 5.33. The van der Waals surface area contributed by atoms with Gasteiger partial charge < -0.3 is 9.84 Å². The second kappa shape index (κ2) is 5.52. The third-order valence-corrected chi connectivity index (χ3v) is 2.55. The number of aliphatic hydroxyl groups is 1. The molecule has 1 atom stereocenters. The van der Waals surface area contributed by atoms with Gasteiger partial charge in [-0.25, -0.2) is 9.97 Å². The molecule has 1 heterocycles. The largest absolute Gasteiger partial charge is 0.384 e. The summed E-state index contributed by atoms with van der Waals surface area (Å²) >= 11 is 0. The molecule has 4 nitrogen and oxygen atoms in total. The predicted octanol–water partition coefficient (Wildman–Crippen LogP) is 1.70. The third kappa shape index (κ3) is 2.67. The number of ether oxygens (including phenoxy) is 1. The molecule has 1 unspecified atom stereocenters. The van der Waals surface area contributed by atoms with Crippen LogP contribution in [0.3, 0.4) is 0 Å². The Bertz CT molecular complexity index is 474. The normalized spacial score (nSPS) is 12.4. The van der Waals surface area contributed by atoms with Gasteiger partial charge in [0.25, 0.3) is 0 Å². The molecule has 1 N–H and O–H groups in total. The minimum atomic E-state index is -0.720. The van der Waals surface area contributed by atoms with E-state index in [0.29, 0.717) is 12.2 Å². The van der Waals surface area contributed by atoms with Crippen molar-refractivity contribution in [1.82, 2.24) is 9.97 Å². The lowest BCUT2D eigenvalue weighted by Gasteiger charge is -2.14. The van der Waals surface area contributed by atoms with E-state index < -0.39 is 6.10 Å². The lowest BCUT2D eigenvalue weighted by Crippen LogP contribution is -2.05. The smallest absolute Gasteiger partial charge is 0.115 e. The van der Waals surface area contributed by atoms with Gasteiger partial charge in [-0.2, -0.15) is 0 Å². The highest BCUT2D eigenvalue weighted by Crippen LogP contribution is 2.24. The molecule has 17 heavy (non-hydrogen) atoms. The van der Waals surface area contributed by atoms with Crippen LogP contribution in [0.4, 0.5) is 0 Å². The van der Waals surface area contributed by atoms with E-state index in [-0.39, 0.29) is 0 Å². The predicted molar refractivity (Wildman–Crippen MR) is 63.2 cm³/mol. The van der Waals surface area contributed by atoms with E-state index in [2.05, 4.69) is 9.97 Å². The van der Waals surface area contributed by atoms with Crippen LogP contribution in [0.2, 0.25) is 0 Å². The Morgan fingerprint density at radius 2 is 1.94 bits per heavy atom. The van der Waals surface area contributed by atoms with Gasteiger partial charge in [0, 0.05) is 25.1 Å². The second-order valence-corrected chi connectivity index (χ2v) is 3.71. The molecule has 1 aromatic carbocycles. The van der Waals surface area contributed by atoms with E-state index >= 15 is 0 Å². The minimum absolute atomic E-state index is 0.473. The van der Waals surface area contributed by atoms with Crippen LogP contribution in [0.25, 0.3) is 0 Å². The van der Waals surface area contributed by atoms with Gasteiger partial charge in [-0.1, -0.05) is 24.3 Å². The minimum Gasteiger partial charge on any atom is -0.384 e. The molecule has 0 aliphatic carbocycles. The van der Waals surface area contributed by atoms with E-state index in [1.165, 1.54) is 6.33 Å². The third-order valence-electron chi connectivity index (χ3n) is 2.55. The Balaban J connectivity index is 2.33. The average molecular weight is 230 g/mol. The summed E-state index contributed by atoms with van der Waals surface area (Å²) in [5.41, 5.74) is 2.46. The number of aromatic nitrogens is 2. The van der Waals surface area contributed by atoms with Crippen molar-refractivity contribution >= 4 is 0 Å². The molecule has 0 aliphatic rings. The standard InChI is InChI=1S/C13H14N2O2/c1-17-8-10-4-2-3-5-12(10)13(16)11-6-14-9-15-7-11/h2-7,9,13,16H,8H2,1H3. The Kier molecular flexibility index (Phi) is 3.80. The molecule has 0 bridgehead atoms. The maximum atomic E-state index is 10.3. The van der Waals surface area contributed by atoms with E-state index in [9.17, 15) is 5.11 Å². The Morgan fingerprint density at radius 1 is 1.24 bits per heavy atom. The van der Waals surface area contributed by atoms with Gasteiger partial charge in [0.05, 0.1) is 6.61 Å². The van der Waals surface area contributed by atoms with Crippen LogP contribution in [-0.4, -0.2) is 22.2 Å². The number of aliphatic hydroxyl groups excluding tert-OH is 1. The van der Waals surface area contributed by atoms with Crippen molar-refractivity contribution in [3.63, 3.8) is 0 Å². The molecule has 0 radical (unpaired) electrons. The molecule has 0 saturated carbocycles. The number of hydrogen-bond donors (Lipinski definition) is 1. The zero-order chi connectivity index (χ0) is 12.1. The lowest BCUT2D eigenvalue weighted by molar-refractivity contribution is 0.176. The van der Waals surface area contributed by atoms with Gasteiger partial charge in [0.2, 0.25) is 0 Å². The summed E-state index contributed by atoms with van der Waals surface area (Å²) < 4.78 is 5.11. The average Bonchev–Trinajstić information content (AvgIpc) is 2.40. The summed E-state index contributed by atoms with van der Waals surface area (Å²) in [4.78, 5) is 7.81. The van der Waals surface area contributed by atoms with Crippen molar-refractivity contribution < 1.29 is 9.84 Å². The van der Waals surface area contributed by atoms with E-state index in [0.717, 1.165) is 11.1 Å². The lowest BCUT2D eigenvalue weighted by atomic mass is 9.99. The molecule has 0 spiro atoms. The fourth-order valence-electron chi connectivity index (χ4n) is 1.72. The monoisotopic (exact) mass is 230 g/mol. The molecule has 0 amide bonds. The van der Waals surface area contributed by atoms with E-state index in [1.54, 1.807) is 19.5 Å². The fourth-order valence-corrected chi connectivity index (χ4v) is 1.72. The first-order chi connectivity index (χ1) is 8.33. The zero-order valence-corrected chi connectivity index (χ0v) is 9.58. The highest BCUT2D eigenvalue weighted by Gasteiger charge is 2.14. The number of methoxy groups -OCH3 is 1. The van der Waals surface area contributed by atoms with Gasteiger partial charge in [0.15, 0.2) is 0 Å². The Hall–Kier alpha value is -1.78. The Morgan fingerprint density at radius 3 is 2.65 bits per heavy atom. The van der Waals surface area contributed by atoms with Crippen LogP contribution in [-0.2, 0) is 11.3 Å². The molecule has 88 valence electrons. The molecule has 0 aliphatic heterocycles. The molecule has 2 aromatic rings. The van der Waals surface area contributed by atoms with Crippen LogP contribution in [0.15, 0.2) is 43.0 Å². The van der Waals surface area contributed by atoms with Crippen molar-refractivity contribution in [2.75, 3.05) is 7.11 Å². The molecular formula is C13H14N2O2. The molecule has 1 aromatic heterocycles. The molecule has 0 fully saturated rings. The summed E-state index contributed by atoms with van der Waals surface area (Å²) in [6.07, 6.45) is 3.95. The number of rotatable bonds is 4. The van der Waals surface area contributed by atoms with Crippen LogP contribution in [0.1, 0.15) is 22.8 Å². The van der Waals surface area contributed by atoms with Crippen molar-refractivity contribution in [1.29, 1.82) is 0 Å². The number of nitrogens with zero attached hydrogens (tertiary/aromatic N) is 2. The van der Waals surface area contributed by atoms with Crippen molar-refractivity contribution in [2.45, 2.75) is 12.7 Å². The number of benzene rings is 1. The van der Waals surface area contributed by atoms with Gasteiger partial charge in [0.1, 0.15) is 12.4 Å². The van der Waals surface area contributed by atoms with Crippen LogP contribution < -0.4 is 0 Å². The van der Waals surface area contributed by atoms with Crippen molar-refractivity contribution in [3.05, 3.63) is 59.7 Å². The first-order valence-electron chi connectivity index (χ1n) is 5.32. The first kappa shape index (κ1) is 11.7. The summed E-state index contributed by atoms with van der Waals surface area (Å²) in [7, 11) is 1.63. The van der Waals surface area contributed by atoms with Crippen molar-refractivity contribution in [3.8, 4) is 0 Å². The van der Waals surface area contributed by atoms with Crippen LogP contribution in [0, 0.1) is 0 Å². The second-order valence-electron chi connectivity index (χ2n) is 3.71. The number of hydrogen-bond acceptors (Lipinski definition) is 4. The molecular weight excluding hydrogens is 216 g/mol. The molecule has 2 rings (SSSR count). The topological polar surface area (TPSA) is 55.2 Å². The maximum Gasteiger partial charge on any atom is 0.115 e. The fraction of sp³-hybridized carbons (Fsp3) is 0.231. The van der Waals surface area contributed by atoms with Crippen molar-refractivity contribution in [2.24, 2.45) is 0 Å². The summed E-state index contributed by atoms with van der Waals surface area (Å²) in [6, 6.07) is 7.63. The van der Waals surface area contributed by atoms with Gasteiger partial charge >= 0.3 is 0 Å². The van der Waals surface area contributed by atoms with Crippen LogP contribution >= 0.6 is 0 Å². The van der Waals surface area contributed by atoms with Gasteiger partial charge in [-0.3, -0.25) is 0 Å². The highest BCUT2D eigenvalue weighted by atomic mass is 16.5. The quantitative estimate of drug-likeness (QED) is 0.868. The van der Waals surface area contributed by atoms with Crippen LogP contribution in [0.5, 0.6) is 0 Å². The zero-order valence-electron chi connectivity index (χ0n) is 9.58. The molecule has 0 saturated heterocycles. The maximum absolute atomic E-state index is 10.3. The first-order valence-corrected chi connectivity index (χ1v) is 5.32. The molecule has 4 heteroatoms. The van der Waals surface area contributed by atoms with Gasteiger partial charge in [-0.15, -0.1) is 0 Å². The van der Waals surface area contributed by atoms with E-state index in [1.807, 2.05) is 24.3 Å². The Labute approximate surface area is 99.9 Å². The summed E-state index contributed by atoms with van der Waals surface area (Å²) in [5.74, 6) is 0. The van der Waals surface area contributed by atoms with Gasteiger partial charge in [-0.05, 0) is 11.1 Å². The summed E-state index contributed by atoms with van der Waals surface area (Å²) in [6.45, 7) is 0.473.